The summed E-state index contributed by atoms with van der Waals surface area (Å²) in [5, 5.41) is 14.9. The molecule has 0 unspecified atom stereocenters. The first-order chi connectivity index (χ1) is 12.6. The number of nitrogens with one attached hydrogen (secondary N) is 1. The molecular formula is C19H16N4O3. The highest BCUT2D eigenvalue weighted by atomic mass is 16.6. The van der Waals surface area contributed by atoms with Gasteiger partial charge in [-0.25, -0.2) is 5.43 Å². The van der Waals surface area contributed by atoms with Crippen molar-refractivity contribution in [2.45, 2.75) is 6.92 Å². The van der Waals surface area contributed by atoms with Crippen molar-refractivity contribution in [3.63, 3.8) is 0 Å². The Labute approximate surface area is 149 Å². The first-order valence-electron chi connectivity index (χ1n) is 7.87. The van der Waals surface area contributed by atoms with Gasteiger partial charge >= 0.3 is 0 Å². The second-order valence-corrected chi connectivity index (χ2v) is 5.61. The Kier molecular flexibility index (Phi) is 4.89. The van der Waals surface area contributed by atoms with Crippen LogP contribution in [0, 0.1) is 17.0 Å². The van der Waals surface area contributed by atoms with Crippen molar-refractivity contribution in [2.24, 2.45) is 5.10 Å². The molecule has 130 valence electrons. The molecule has 2 aromatic carbocycles. The minimum absolute atomic E-state index is 0.0122. The third kappa shape index (κ3) is 3.67. The van der Waals surface area contributed by atoms with Crippen molar-refractivity contribution in [3.05, 3.63) is 93.8 Å². The third-order valence-electron chi connectivity index (χ3n) is 3.84. The van der Waals surface area contributed by atoms with Gasteiger partial charge in [-0.2, -0.15) is 5.10 Å². The summed E-state index contributed by atoms with van der Waals surface area (Å²) >= 11 is 0. The van der Waals surface area contributed by atoms with Crippen molar-refractivity contribution in [1.82, 2.24) is 9.99 Å². The van der Waals surface area contributed by atoms with Crippen LogP contribution < -0.4 is 5.43 Å². The van der Waals surface area contributed by atoms with Gasteiger partial charge < -0.3 is 4.57 Å². The van der Waals surface area contributed by atoms with Gasteiger partial charge in [0.25, 0.3) is 11.6 Å². The van der Waals surface area contributed by atoms with E-state index >= 15 is 0 Å². The molecule has 0 saturated carbocycles. The van der Waals surface area contributed by atoms with Crippen LogP contribution in [0.25, 0.3) is 5.69 Å². The fraction of sp³-hybridized carbons (Fsp3) is 0.0526. The molecule has 1 aromatic heterocycles. The lowest BCUT2D eigenvalue weighted by Gasteiger charge is -2.09. The van der Waals surface area contributed by atoms with Crippen LogP contribution >= 0.6 is 0 Å². The van der Waals surface area contributed by atoms with Crippen molar-refractivity contribution in [1.29, 1.82) is 0 Å². The highest BCUT2D eigenvalue weighted by Gasteiger charge is 2.12. The third-order valence-corrected chi connectivity index (χ3v) is 3.84. The van der Waals surface area contributed by atoms with Gasteiger partial charge in [-0.1, -0.05) is 24.3 Å². The van der Waals surface area contributed by atoms with Gasteiger partial charge in [0.15, 0.2) is 0 Å². The topological polar surface area (TPSA) is 89.5 Å². The molecule has 7 nitrogen and oxygen atoms in total. The highest BCUT2D eigenvalue weighted by Crippen LogP contribution is 2.18. The normalized spacial score (nSPS) is 10.8. The molecule has 0 atom stereocenters. The molecule has 0 aliphatic heterocycles. The van der Waals surface area contributed by atoms with Crippen LogP contribution in [0.4, 0.5) is 5.69 Å². The van der Waals surface area contributed by atoms with Gasteiger partial charge in [-0.05, 0) is 31.2 Å². The molecule has 0 aliphatic rings. The van der Waals surface area contributed by atoms with E-state index in [0.29, 0.717) is 16.7 Å². The number of aryl methyl sites for hydroxylation is 1. The number of hydrazone groups is 1. The largest absolute Gasteiger partial charge is 0.323 e. The van der Waals surface area contributed by atoms with Crippen LogP contribution in [0.5, 0.6) is 0 Å². The average molecular weight is 348 g/mol. The number of hydrogen-bond donors (Lipinski definition) is 1. The lowest BCUT2D eigenvalue weighted by atomic mass is 10.1. The second kappa shape index (κ2) is 7.43. The smallest absolute Gasteiger partial charge is 0.273 e. The summed E-state index contributed by atoms with van der Waals surface area (Å²) in [5.41, 5.74) is 4.77. The molecule has 3 rings (SSSR count). The van der Waals surface area contributed by atoms with Crippen LogP contribution in [0.15, 0.2) is 72.1 Å². The Morgan fingerprint density at radius 1 is 1.15 bits per heavy atom. The van der Waals surface area contributed by atoms with Crippen molar-refractivity contribution >= 4 is 17.8 Å². The lowest BCUT2D eigenvalue weighted by molar-refractivity contribution is -0.385. The minimum atomic E-state index is -0.446. The zero-order valence-electron chi connectivity index (χ0n) is 14.0. The van der Waals surface area contributed by atoms with Gasteiger partial charge in [-0.3, -0.25) is 14.9 Å². The number of para-hydroxylation sites is 1. The zero-order valence-corrected chi connectivity index (χ0v) is 14.0. The number of benzene rings is 2. The quantitative estimate of drug-likeness (QED) is 0.435. The summed E-state index contributed by atoms with van der Waals surface area (Å²) in [6.45, 7) is 1.67. The van der Waals surface area contributed by atoms with E-state index in [1.54, 1.807) is 31.2 Å². The molecule has 1 N–H and O–H groups in total. The van der Waals surface area contributed by atoms with E-state index in [2.05, 4.69) is 10.5 Å². The van der Waals surface area contributed by atoms with E-state index in [9.17, 15) is 14.9 Å². The summed E-state index contributed by atoms with van der Waals surface area (Å²) in [4.78, 5) is 23.0. The second-order valence-electron chi connectivity index (χ2n) is 5.61. The van der Waals surface area contributed by atoms with Crippen LogP contribution in [-0.2, 0) is 0 Å². The maximum atomic E-state index is 12.4. The number of nitrogens with zero attached hydrogens (tertiary/aromatic N) is 3. The molecule has 0 radical (unpaired) electrons. The predicted octanol–water partition coefficient (Wildman–Crippen LogP) is 3.46. The van der Waals surface area contributed by atoms with Gasteiger partial charge in [0, 0.05) is 29.6 Å². The van der Waals surface area contributed by atoms with Crippen LogP contribution in [0.1, 0.15) is 21.5 Å². The number of rotatable bonds is 5. The predicted molar refractivity (Wildman–Crippen MR) is 98.7 cm³/mol. The molecular weight excluding hydrogens is 332 g/mol. The van der Waals surface area contributed by atoms with Crippen molar-refractivity contribution in [3.8, 4) is 5.69 Å². The van der Waals surface area contributed by atoms with E-state index < -0.39 is 4.92 Å². The van der Waals surface area contributed by atoms with Gasteiger partial charge in [0.05, 0.1) is 22.4 Å². The number of hydrogen-bond acceptors (Lipinski definition) is 4. The highest BCUT2D eigenvalue weighted by molar-refractivity contribution is 5.98. The molecule has 0 aliphatic carbocycles. The summed E-state index contributed by atoms with van der Waals surface area (Å²) < 4.78 is 1.84. The first-order valence-corrected chi connectivity index (χ1v) is 7.87. The molecule has 1 amide bonds. The number of carbonyl (C=O) groups is 1. The van der Waals surface area contributed by atoms with Crippen molar-refractivity contribution < 1.29 is 9.72 Å². The Morgan fingerprint density at radius 2 is 1.88 bits per heavy atom. The summed E-state index contributed by atoms with van der Waals surface area (Å²) in [6.07, 6.45) is 5.07. The number of carbonyl (C=O) groups excluding carboxylic acids is 1. The average Bonchev–Trinajstić information content (AvgIpc) is 3.17. The summed E-state index contributed by atoms with van der Waals surface area (Å²) in [6, 6.07) is 15.7. The van der Waals surface area contributed by atoms with Crippen molar-refractivity contribution in [2.75, 3.05) is 0 Å². The monoisotopic (exact) mass is 348 g/mol. The summed E-state index contributed by atoms with van der Waals surface area (Å²) in [7, 11) is 0. The molecule has 3 aromatic rings. The Bertz CT molecular complexity index is 978. The van der Waals surface area contributed by atoms with E-state index in [-0.39, 0.29) is 11.6 Å². The first kappa shape index (κ1) is 17.1. The molecule has 0 spiro atoms. The SMILES string of the molecule is Cc1ccc(/C=N\NC(=O)c2ccccc2-n2cccc2)cc1[N+](=O)[O-]. The van der Waals surface area contributed by atoms with Gasteiger partial charge in [-0.15, -0.1) is 0 Å². The van der Waals surface area contributed by atoms with Gasteiger partial charge in [0.1, 0.15) is 0 Å². The molecule has 0 saturated heterocycles. The maximum Gasteiger partial charge on any atom is 0.273 e. The standard InChI is InChI=1S/C19H16N4O3/c1-14-8-9-15(12-18(14)23(25)26)13-20-21-19(24)16-6-2-3-7-17(16)22-10-4-5-11-22/h2-13H,1H3,(H,21,24)/b20-13-. The molecule has 1 heterocycles. The van der Waals surface area contributed by atoms with Crippen LogP contribution in [0.2, 0.25) is 0 Å². The molecule has 0 bridgehead atoms. The number of nitro groups is 1. The Hall–Kier alpha value is -3.74. The number of amides is 1. The Balaban J connectivity index is 1.77. The summed E-state index contributed by atoms with van der Waals surface area (Å²) in [5.74, 6) is -0.368. The van der Waals surface area contributed by atoms with Crippen LogP contribution in [0.3, 0.4) is 0 Å². The number of nitro benzene ring substituents is 1. The minimum Gasteiger partial charge on any atom is -0.323 e. The fourth-order valence-corrected chi connectivity index (χ4v) is 2.52. The zero-order chi connectivity index (χ0) is 18.5. The molecule has 7 heteroatoms. The van der Waals surface area contributed by atoms with E-state index in [1.807, 2.05) is 41.2 Å². The fourth-order valence-electron chi connectivity index (χ4n) is 2.52. The Morgan fingerprint density at radius 3 is 2.62 bits per heavy atom. The van der Waals surface area contributed by atoms with E-state index in [4.69, 9.17) is 0 Å². The number of aromatic nitrogens is 1. The molecule has 26 heavy (non-hydrogen) atoms. The lowest BCUT2D eigenvalue weighted by Crippen LogP contribution is -2.19. The van der Waals surface area contributed by atoms with Crippen LogP contribution in [-0.4, -0.2) is 21.6 Å². The van der Waals surface area contributed by atoms with E-state index in [1.165, 1.54) is 12.3 Å². The maximum absolute atomic E-state index is 12.4. The molecule has 0 fully saturated rings. The van der Waals surface area contributed by atoms with E-state index in [0.717, 1.165) is 5.69 Å². The van der Waals surface area contributed by atoms with Gasteiger partial charge in [0.2, 0.25) is 0 Å².